The molecule has 9 heteroatoms. The van der Waals surface area contributed by atoms with Gasteiger partial charge in [0, 0.05) is 33.2 Å². The maximum absolute atomic E-state index is 13.3. The van der Waals surface area contributed by atoms with E-state index in [9.17, 15) is 9.18 Å². The molecule has 28 heavy (non-hydrogen) atoms. The van der Waals surface area contributed by atoms with Crippen molar-refractivity contribution in [2.75, 3.05) is 38.2 Å². The zero-order valence-corrected chi connectivity index (χ0v) is 15.7. The number of halogens is 1. The first-order valence-corrected chi connectivity index (χ1v) is 9.03. The van der Waals surface area contributed by atoms with E-state index in [1.54, 1.807) is 29.3 Å². The Balaban J connectivity index is 1.54. The highest BCUT2D eigenvalue weighted by molar-refractivity contribution is 5.86. The van der Waals surface area contributed by atoms with E-state index in [-0.39, 0.29) is 11.8 Å². The van der Waals surface area contributed by atoms with Crippen LogP contribution >= 0.6 is 0 Å². The minimum absolute atomic E-state index is 0.332. The molecule has 3 heterocycles. The third-order valence-corrected chi connectivity index (χ3v) is 5.10. The predicted octanol–water partition coefficient (Wildman–Crippen LogP) is 1.54. The number of hydrogen-bond acceptors (Lipinski definition) is 7. The quantitative estimate of drug-likeness (QED) is 0.632. The van der Waals surface area contributed by atoms with E-state index in [0.29, 0.717) is 26.2 Å². The van der Waals surface area contributed by atoms with Crippen molar-refractivity contribution in [2.24, 2.45) is 7.05 Å². The number of hydrogen-bond donors (Lipinski definition) is 0. The van der Waals surface area contributed by atoms with Crippen LogP contribution in [0.3, 0.4) is 0 Å². The van der Waals surface area contributed by atoms with Crippen LogP contribution in [0.2, 0.25) is 0 Å². The Hall–Kier alpha value is -3.07. The zero-order chi connectivity index (χ0) is 19.7. The Kier molecular flexibility index (Phi) is 4.91. The number of piperazine rings is 1. The Morgan fingerprint density at radius 2 is 1.86 bits per heavy atom. The summed E-state index contributed by atoms with van der Waals surface area (Å²) in [6.45, 7) is 2.66. The normalized spacial score (nSPS) is 16.3. The summed E-state index contributed by atoms with van der Waals surface area (Å²) >= 11 is 0. The molecule has 0 bridgehead atoms. The summed E-state index contributed by atoms with van der Waals surface area (Å²) in [4.78, 5) is 25.4. The standard InChI is InChI=1S/C19H21FN6O2/c1-24-17-15(11-23-24)18(22-12-21-17)26-9-7-25(8-10-26)16(19(27)28-2)13-3-5-14(20)6-4-13/h3-6,11-12,16H,7-10H2,1-2H3/t16-/m0/s1. The maximum atomic E-state index is 13.3. The molecule has 0 unspecified atom stereocenters. The summed E-state index contributed by atoms with van der Waals surface area (Å²) in [7, 11) is 3.22. The van der Waals surface area contributed by atoms with Crippen molar-refractivity contribution < 1.29 is 13.9 Å². The van der Waals surface area contributed by atoms with Gasteiger partial charge in [-0.3, -0.25) is 9.58 Å². The molecule has 0 aliphatic carbocycles. The lowest BCUT2D eigenvalue weighted by Crippen LogP contribution is -2.49. The highest BCUT2D eigenvalue weighted by Crippen LogP contribution is 2.27. The van der Waals surface area contributed by atoms with Gasteiger partial charge in [-0.2, -0.15) is 5.10 Å². The largest absolute Gasteiger partial charge is 0.468 e. The fourth-order valence-electron chi connectivity index (χ4n) is 3.65. The number of benzene rings is 1. The molecule has 0 N–H and O–H groups in total. The molecule has 146 valence electrons. The van der Waals surface area contributed by atoms with Gasteiger partial charge < -0.3 is 9.64 Å². The van der Waals surface area contributed by atoms with E-state index in [0.717, 1.165) is 22.4 Å². The average Bonchev–Trinajstić information content (AvgIpc) is 3.11. The summed E-state index contributed by atoms with van der Waals surface area (Å²) < 4.78 is 20.0. The van der Waals surface area contributed by atoms with Crippen LogP contribution in [-0.2, 0) is 16.6 Å². The molecule has 0 saturated carbocycles. The average molecular weight is 384 g/mol. The topological polar surface area (TPSA) is 76.4 Å². The number of anilines is 1. The van der Waals surface area contributed by atoms with Crippen LogP contribution in [-0.4, -0.2) is 63.9 Å². The van der Waals surface area contributed by atoms with Crippen molar-refractivity contribution in [3.63, 3.8) is 0 Å². The molecule has 1 fully saturated rings. The molecular weight excluding hydrogens is 363 g/mol. The Bertz CT molecular complexity index is 982. The Labute approximate surface area is 161 Å². The number of aryl methyl sites for hydroxylation is 1. The van der Waals surface area contributed by atoms with Gasteiger partial charge in [-0.15, -0.1) is 0 Å². The molecule has 0 spiro atoms. The second-order valence-electron chi connectivity index (χ2n) is 6.70. The highest BCUT2D eigenvalue weighted by Gasteiger charge is 2.32. The maximum Gasteiger partial charge on any atom is 0.327 e. The van der Waals surface area contributed by atoms with E-state index in [2.05, 4.69) is 24.9 Å². The number of rotatable bonds is 4. The van der Waals surface area contributed by atoms with Crippen LogP contribution in [0, 0.1) is 5.82 Å². The van der Waals surface area contributed by atoms with Crippen molar-refractivity contribution in [2.45, 2.75) is 6.04 Å². The van der Waals surface area contributed by atoms with Gasteiger partial charge in [-0.05, 0) is 17.7 Å². The first kappa shape index (κ1) is 18.3. The van der Waals surface area contributed by atoms with Crippen molar-refractivity contribution in [3.05, 3.63) is 48.2 Å². The molecule has 1 aromatic carbocycles. The van der Waals surface area contributed by atoms with Gasteiger partial charge >= 0.3 is 5.97 Å². The summed E-state index contributed by atoms with van der Waals surface area (Å²) in [6, 6.07) is 5.43. The van der Waals surface area contributed by atoms with Crippen LogP contribution in [0.4, 0.5) is 10.2 Å². The lowest BCUT2D eigenvalue weighted by atomic mass is 10.0. The molecule has 8 nitrogen and oxygen atoms in total. The van der Waals surface area contributed by atoms with Gasteiger partial charge in [0.25, 0.3) is 0 Å². The van der Waals surface area contributed by atoms with E-state index in [1.807, 2.05) is 7.05 Å². The Morgan fingerprint density at radius 3 is 2.54 bits per heavy atom. The third kappa shape index (κ3) is 3.29. The van der Waals surface area contributed by atoms with E-state index in [4.69, 9.17) is 4.74 Å². The SMILES string of the molecule is COC(=O)[C@H](c1ccc(F)cc1)N1CCN(c2ncnc3c2cnn3C)CC1. The molecule has 2 aromatic heterocycles. The predicted molar refractivity (Wildman–Crippen MR) is 101 cm³/mol. The Morgan fingerprint density at radius 1 is 1.14 bits per heavy atom. The minimum Gasteiger partial charge on any atom is -0.468 e. The van der Waals surface area contributed by atoms with E-state index < -0.39 is 6.04 Å². The third-order valence-electron chi connectivity index (χ3n) is 5.10. The monoisotopic (exact) mass is 384 g/mol. The van der Waals surface area contributed by atoms with Crippen LogP contribution in [0.1, 0.15) is 11.6 Å². The first-order valence-electron chi connectivity index (χ1n) is 9.03. The first-order chi connectivity index (χ1) is 13.6. The molecule has 0 amide bonds. The summed E-state index contributed by atoms with van der Waals surface area (Å²) in [5.41, 5.74) is 1.50. The van der Waals surface area contributed by atoms with Crippen molar-refractivity contribution in [3.8, 4) is 0 Å². The van der Waals surface area contributed by atoms with Gasteiger partial charge in [-0.1, -0.05) is 12.1 Å². The van der Waals surface area contributed by atoms with Gasteiger partial charge in [-0.25, -0.2) is 19.2 Å². The van der Waals surface area contributed by atoms with E-state index in [1.165, 1.54) is 19.2 Å². The smallest absolute Gasteiger partial charge is 0.327 e. The number of fused-ring (bicyclic) bond motifs is 1. The van der Waals surface area contributed by atoms with Crippen molar-refractivity contribution in [1.29, 1.82) is 0 Å². The minimum atomic E-state index is -0.559. The second-order valence-corrected chi connectivity index (χ2v) is 6.70. The number of ether oxygens (including phenoxy) is 1. The second kappa shape index (κ2) is 7.51. The van der Waals surface area contributed by atoms with Gasteiger partial charge in [0.1, 0.15) is 24.0 Å². The molecule has 1 aliphatic rings. The van der Waals surface area contributed by atoms with Gasteiger partial charge in [0.05, 0.1) is 18.7 Å². The lowest BCUT2D eigenvalue weighted by Gasteiger charge is -2.38. The van der Waals surface area contributed by atoms with Crippen LogP contribution < -0.4 is 4.90 Å². The van der Waals surface area contributed by atoms with Gasteiger partial charge in [0.2, 0.25) is 0 Å². The fourth-order valence-corrected chi connectivity index (χ4v) is 3.65. The molecule has 1 saturated heterocycles. The summed E-state index contributed by atoms with van der Waals surface area (Å²) in [5, 5.41) is 5.16. The molecular formula is C19H21FN6O2. The lowest BCUT2D eigenvalue weighted by molar-refractivity contribution is -0.147. The van der Waals surface area contributed by atoms with Gasteiger partial charge in [0.15, 0.2) is 5.65 Å². The molecule has 0 radical (unpaired) electrons. The molecule has 1 atom stereocenters. The summed E-state index contributed by atoms with van der Waals surface area (Å²) in [5.74, 6) is 0.160. The number of nitrogens with zero attached hydrogens (tertiary/aromatic N) is 6. The van der Waals surface area contributed by atoms with Crippen molar-refractivity contribution >= 4 is 22.8 Å². The molecule has 1 aliphatic heterocycles. The summed E-state index contributed by atoms with van der Waals surface area (Å²) in [6.07, 6.45) is 3.31. The van der Waals surface area contributed by atoms with Crippen LogP contribution in [0.25, 0.3) is 11.0 Å². The van der Waals surface area contributed by atoms with Crippen LogP contribution in [0.5, 0.6) is 0 Å². The number of methoxy groups -OCH3 is 1. The number of carbonyl (C=O) groups excluding carboxylic acids is 1. The fraction of sp³-hybridized carbons (Fsp3) is 0.368. The molecule has 4 rings (SSSR count). The number of esters is 1. The number of carbonyl (C=O) groups is 1. The van der Waals surface area contributed by atoms with E-state index >= 15 is 0 Å². The van der Waals surface area contributed by atoms with Crippen LogP contribution in [0.15, 0.2) is 36.8 Å². The van der Waals surface area contributed by atoms with Crippen molar-refractivity contribution in [1.82, 2.24) is 24.6 Å². The molecule has 3 aromatic rings. The number of aromatic nitrogens is 4. The highest BCUT2D eigenvalue weighted by atomic mass is 19.1. The zero-order valence-electron chi connectivity index (χ0n) is 15.7.